The maximum Gasteiger partial charge on any atom is 0.0340 e. The molecule has 0 amide bonds. The number of hydrogen-bond acceptors (Lipinski definition) is 2. The minimum Gasteiger partial charge on any atom is -0.313 e. The molecule has 2 aromatic rings. The number of fused-ring (bicyclic) bond motifs is 1. The molecule has 0 aromatic heterocycles. The third kappa shape index (κ3) is 3.34. The van der Waals surface area contributed by atoms with Gasteiger partial charge in [0.1, 0.15) is 0 Å². The van der Waals surface area contributed by atoms with E-state index in [0.29, 0.717) is 12.1 Å². The molecule has 0 aliphatic carbocycles. The highest BCUT2D eigenvalue weighted by molar-refractivity contribution is 5.32. The predicted molar refractivity (Wildman–Crippen MR) is 88.2 cm³/mol. The van der Waals surface area contributed by atoms with Gasteiger partial charge in [-0.05, 0) is 43.5 Å². The van der Waals surface area contributed by atoms with Crippen LogP contribution >= 0.6 is 0 Å². The highest BCUT2D eigenvalue weighted by atomic mass is 15.0. The molecular formula is C19H24N2. The van der Waals surface area contributed by atoms with Crippen molar-refractivity contribution in [3.63, 3.8) is 0 Å². The summed E-state index contributed by atoms with van der Waals surface area (Å²) in [6.07, 6.45) is 1.13. The Hall–Kier alpha value is -1.64. The minimum absolute atomic E-state index is 0.362. The summed E-state index contributed by atoms with van der Waals surface area (Å²) >= 11 is 0. The molecule has 0 spiro atoms. The van der Waals surface area contributed by atoms with Gasteiger partial charge in [0.05, 0.1) is 0 Å². The molecular weight excluding hydrogens is 256 g/mol. The second-order valence-corrected chi connectivity index (χ2v) is 6.02. The Morgan fingerprint density at radius 2 is 2.00 bits per heavy atom. The van der Waals surface area contributed by atoms with Crippen molar-refractivity contribution in [1.82, 2.24) is 10.6 Å². The van der Waals surface area contributed by atoms with Gasteiger partial charge in [-0.25, -0.2) is 0 Å². The molecule has 2 N–H and O–H groups in total. The Morgan fingerprint density at radius 1 is 1.14 bits per heavy atom. The average Bonchev–Trinajstić information content (AvgIpc) is 2.70. The van der Waals surface area contributed by atoms with Gasteiger partial charge in [-0.3, -0.25) is 0 Å². The van der Waals surface area contributed by atoms with E-state index in [-0.39, 0.29) is 0 Å². The number of nitrogens with one attached hydrogen (secondary N) is 2. The zero-order valence-corrected chi connectivity index (χ0v) is 12.9. The summed E-state index contributed by atoms with van der Waals surface area (Å²) in [6.45, 7) is 6.46. The largest absolute Gasteiger partial charge is 0.313 e. The van der Waals surface area contributed by atoms with Crippen molar-refractivity contribution in [2.24, 2.45) is 0 Å². The molecule has 1 aliphatic heterocycles. The van der Waals surface area contributed by atoms with Gasteiger partial charge in [0.25, 0.3) is 0 Å². The monoisotopic (exact) mass is 280 g/mol. The lowest BCUT2D eigenvalue weighted by Gasteiger charge is -2.24. The van der Waals surface area contributed by atoms with Gasteiger partial charge >= 0.3 is 0 Å². The van der Waals surface area contributed by atoms with Crippen LogP contribution < -0.4 is 10.6 Å². The van der Waals surface area contributed by atoms with Gasteiger partial charge in [-0.1, -0.05) is 54.1 Å². The fourth-order valence-electron chi connectivity index (χ4n) is 3.17. The quantitative estimate of drug-likeness (QED) is 0.891. The van der Waals surface area contributed by atoms with Crippen LogP contribution in [0, 0.1) is 6.92 Å². The van der Waals surface area contributed by atoms with E-state index >= 15 is 0 Å². The highest BCUT2D eigenvalue weighted by Crippen LogP contribution is 2.26. The zero-order chi connectivity index (χ0) is 14.7. The van der Waals surface area contributed by atoms with Crippen LogP contribution in [-0.2, 0) is 6.54 Å². The first kappa shape index (κ1) is 14.3. The van der Waals surface area contributed by atoms with Crippen LogP contribution in [0.5, 0.6) is 0 Å². The van der Waals surface area contributed by atoms with Gasteiger partial charge in [-0.2, -0.15) is 0 Å². The van der Waals surface area contributed by atoms with Crippen molar-refractivity contribution >= 4 is 0 Å². The van der Waals surface area contributed by atoms with E-state index in [2.05, 4.69) is 73.0 Å². The summed E-state index contributed by atoms with van der Waals surface area (Å²) in [7, 11) is 0. The van der Waals surface area contributed by atoms with E-state index in [1.807, 2.05) is 0 Å². The molecule has 21 heavy (non-hydrogen) atoms. The smallest absolute Gasteiger partial charge is 0.0340 e. The Labute approximate surface area is 127 Å². The third-order valence-electron chi connectivity index (χ3n) is 4.35. The Morgan fingerprint density at radius 3 is 2.86 bits per heavy atom. The van der Waals surface area contributed by atoms with Crippen LogP contribution in [0.2, 0.25) is 0 Å². The molecule has 0 saturated carbocycles. The molecule has 0 saturated heterocycles. The lowest BCUT2D eigenvalue weighted by molar-refractivity contribution is 0.443. The Kier molecular flexibility index (Phi) is 4.37. The summed E-state index contributed by atoms with van der Waals surface area (Å²) in [5.74, 6) is 0. The molecule has 1 unspecified atom stereocenters. The number of benzene rings is 2. The summed E-state index contributed by atoms with van der Waals surface area (Å²) in [5.41, 5.74) is 5.56. The molecule has 0 radical (unpaired) electrons. The predicted octanol–water partition coefficient (Wildman–Crippen LogP) is 3.88. The molecule has 3 rings (SSSR count). The minimum atomic E-state index is 0.362. The second-order valence-electron chi connectivity index (χ2n) is 6.02. The lowest BCUT2D eigenvalue weighted by Crippen LogP contribution is -2.26. The molecule has 2 aromatic carbocycles. The van der Waals surface area contributed by atoms with E-state index in [4.69, 9.17) is 0 Å². The third-order valence-corrected chi connectivity index (χ3v) is 4.35. The molecule has 1 heterocycles. The normalized spacial score (nSPS) is 19.6. The first-order chi connectivity index (χ1) is 10.2. The first-order valence-corrected chi connectivity index (χ1v) is 7.85. The first-order valence-electron chi connectivity index (χ1n) is 7.85. The average molecular weight is 280 g/mol. The summed E-state index contributed by atoms with van der Waals surface area (Å²) in [5, 5.41) is 7.33. The van der Waals surface area contributed by atoms with Crippen molar-refractivity contribution in [1.29, 1.82) is 0 Å². The Balaban J connectivity index is 1.81. The van der Waals surface area contributed by atoms with Gasteiger partial charge in [0.2, 0.25) is 0 Å². The van der Waals surface area contributed by atoms with Gasteiger partial charge in [0, 0.05) is 18.6 Å². The van der Waals surface area contributed by atoms with Crippen LogP contribution in [-0.4, -0.2) is 6.54 Å². The highest BCUT2D eigenvalue weighted by Gasteiger charge is 2.20. The zero-order valence-electron chi connectivity index (χ0n) is 12.9. The summed E-state index contributed by atoms with van der Waals surface area (Å²) in [4.78, 5) is 0. The number of hydrogen-bond donors (Lipinski definition) is 2. The summed E-state index contributed by atoms with van der Waals surface area (Å²) in [6, 6.07) is 18.4. The number of rotatable bonds is 3. The fourth-order valence-corrected chi connectivity index (χ4v) is 3.17. The van der Waals surface area contributed by atoms with Crippen LogP contribution in [0.4, 0.5) is 0 Å². The van der Waals surface area contributed by atoms with Crippen LogP contribution in [0.3, 0.4) is 0 Å². The summed E-state index contributed by atoms with van der Waals surface area (Å²) < 4.78 is 0. The van der Waals surface area contributed by atoms with Crippen LogP contribution in [0.1, 0.15) is 47.7 Å². The van der Waals surface area contributed by atoms with Crippen molar-refractivity contribution in [2.45, 2.75) is 38.9 Å². The molecule has 2 nitrogen and oxygen atoms in total. The molecule has 2 atom stereocenters. The van der Waals surface area contributed by atoms with E-state index < -0.39 is 0 Å². The van der Waals surface area contributed by atoms with E-state index in [1.165, 1.54) is 22.3 Å². The second kappa shape index (κ2) is 6.42. The maximum absolute atomic E-state index is 3.82. The topological polar surface area (TPSA) is 24.1 Å². The van der Waals surface area contributed by atoms with Crippen LogP contribution in [0.15, 0.2) is 48.5 Å². The molecule has 0 fully saturated rings. The maximum atomic E-state index is 3.82. The van der Waals surface area contributed by atoms with E-state index in [0.717, 1.165) is 19.5 Å². The Bertz CT molecular complexity index is 606. The molecule has 1 aliphatic rings. The SMILES string of the molecule is Cc1cccc([C@@H](C)NC2CCNCc3ccccc32)c1. The van der Waals surface area contributed by atoms with Crippen LogP contribution in [0.25, 0.3) is 0 Å². The standard InChI is InChI=1S/C19H24N2/c1-14-6-5-8-16(12-14)15(2)21-19-10-11-20-13-17-7-3-4-9-18(17)19/h3-9,12,15,19-21H,10-11,13H2,1-2H3/t15-,19?/m1/s1. The van der Waals surface area contributed by atoms with Crippen molar-refractivity contribution < 1.29 is 0 Å². The van der Waals surface area contributed by atoms with Crippen molar-refractivity contribution in [3.8, 4) is 0 Å². The fraction of sp³-hybridized carbons (Fsp3) is 0.368. The molecule has 2 heteroatoms. The van der Waals surface area contributed by atoms with E-state index in [1.54, 1.807) is 0 Å². The van der Waals surface area contributed by atoms with Gasteiger partial charge < -0.3 is 10.6 Å². The van der Waals surface area contributed by atoms with Gasteiger partial charge in [0.15, 0.2) is 0 Å². The number of aryl methyl sites for hydroxylation is 1. The molecule has 0 bridgehead atoms. The van der Waals surface area contributed by atoms with Gasteiger partial charge in [-0.15, -0.1) is 0 Å². The van der Waals surface area contributed by atoms with E-state index in [9.17, 15) is 0 Å². The lowest BCUT2D eigenvalue weighted by atomic mass is 9.97. The van der Waals surface area contributed by atoms with Crippen molar-refractivity contribution in [3.05, 3.63) is 70.8 Å². The molecule has 110 valence electrons. The van der Waals surface area contributed by atoms with Crippen molar-refractivity contribution in [2.75, 3.05) is 6.54 Å².